The second-order valence-electron chi connectivity index (χ2n) is 9.98. The second kappa shape index (κ2) is 10.6. The lowest BCUT2D eigenvalue weighted by Gasteiger charge is -2.32. The molecule has 9 heteroatoms. The van der Waals surface area contributed by atoms with Crippen LogP contribution < -0.4 is 10.6 Å². The van der Waals surface area contributed by atoms with Crippen molar-refractivity contribution in [1.29, 1.82) is 0 Å². The van der Waals surface area contributed by atoms with Crippen molar-refractivity contribution in [1.82, 2.24) is 14.9 Å². The first-order valence-corrected chi connectivity index (χ1v) is 13.1. The lowest BCUT2D eigenvalue weighted by atomic mass is 9.94. The molecule has 1 aromatic heterocycles. The highest BCUT2D eigenvalue weighted by Crippen LogP contribution is 2.41. The molecule has 2 aliphatic heterocycles. The number of likely N-dealkylation sites (tertiary alicyclic amines) is 1. The van der Waals surface area contributed by atoms with Gasteiger partial charge in [0, 0.05) is 61.4 Å². The van der Waals surface area contributed by atoms with Crippen LogP contribution in [-0.2, 0) is 9.53 Å². The smallest absolute Gasteiger partial charge is 0.257 e. The Morgan fingerprint density at radius 3 is 2.59 bits per heavy atom. The maximum Gasteiger partial charge on any atom is 0.257 e. The van der Waals surface area contributed by atoms with E-state index in [1.165, 1.54) is 12.1 Å². The number of ether oxygens (including phenoxy) is 1. The van der Waals surface area contributed by atoms with Crippen LogP contribution in [0.1, 0.15) is 29.8 Å². The summed E-state index contributed by atoms with van der Waals surface area (Å²) >= 11 is 0. The number of hydrogen-bond acceptors (Lipinski definition) is 5. The van der Waals surface area contributed by atoms with Crippen molar-refractivity contribution in [2.24, 2.45) is 0 Å². The number of H-pyrrole nitrogens is 1. The number of imidazole rings is 1. The third-order valence-corrected chi connectivity index (χ3v) is 7.36. The summed E-state index contributed by atoms with van der Waals surface area (Å²) in [7, 11) is 1.72. The minimum absolute atomic E-state index is 0.228. The number of benzene rings is 3. The fourth-order valence-electron chi connectivity index (χ4n) is 5.43. The van der Waals surface area contributed by atoms with Gasteiger partial charge in [0.05, 0.1) is 23.2 Å². The quantitative estimate of drug-likeness (QED) is 0.284. The van der Waals surface area contributed by atoms with E-state index in [2.05, 4.69) is 25.5 Å². The Hall–Kier alpha value is -4.08. The number of anilines is 2. The van der Waals surface area contributed by atoms with Gasteiger partial charge in [0.25, 0.3) is 5.91 Å². The van der Waals surface area contributed by atoms with E-state index in [0.717, 1.165) is 56.4 Å². The van der Waals surface area contributed by atoms with Crippen LogP contribution in [0.2, 0.25) is 0 Å². The van der Waals surface area contributed by atoms with E-state index in [1.807, 2.05) is 42.5 Å². The largest absolute Gasteiger partial charge is 0.383 e. The van der Waals surface area contributed by atoms with Crippen molar-refractivity contribution in [2.45, 2.75) is 18.9 Å². The normalized spacial score (nSPS) is 17.4. The molecule has 1 fully saturated rings. The number of methoxy groups -OCH3 is 1. The molecule has 200 valence electrons. The summed E-state index contributed by atoms with van der Waals surface area (Å²) in [6, 6.07) is 16.7. The van der Waals surface area contributed by atoms with E-state index in [1.54, 1.807) is 7.11 Å². The zero-order chi connectivity index (χ0) is 26.9. The first-order valence-electron chi connectivity index (χ1n) is 13.1. The number of halogens is 2. The molecule has 0 aliphatic carbocycles. The van der Waals surface area contributed by atoms with Crippen molar-refractivity contribution in [2.75, 3.05) is 44.0 Å². The van der Waals surface area contributed by atoms with Crippen molar-refractivity contribution < 1.29 is 18.3 Å². The van der Waals surface area contributed by atoms with Crippen LogP contribution in [0.3, 0.4) is 0 Å². The molecule has 0 spiro atoms. The molecule has 0 saturated carbocycles. The van der Waals surface area contributed by atoms with Gasteiger partial charge >= 0.3 is 0 Å². The summed E-state index contributed by atoms with van der Waals surface area (Å²) in [5.41, 5.74) is 4.50. The average Bonchev–Trinajstić information content (AvgIpc) is 3.49. The molecule has 1 saturated heterocycles. The van der Waals surface area contributed by atoms with Crippen LogP contribution in [0.4, 0.5) is 20.2 Å². The summed E-state index contributed by atoms with van der Waals surface area (Å²) in [6.07, 6.45) is 1.99. The number of nitrogens with one attached hydrogen (secondary N) is 3. The Kier molecular flexibility index (Phi) is 6.85. The standard InChI is InChI=1S/C30H29F2N5O2/c1-39-13-12-37-10-8-21(9-11-37)33-22-6-7-24-23(17-22)28(30(38)36-24)27(18-14-19(31)16-20(32)15-18)29-34-25-4-2-3-5-26(25)35-29/h2-7,14-17,21,33H,8-13H2,1H3,(H,34,35)(H,36,38)/b28-27-. The Bertz CT molecular complexity index is 1520. The molecule has 2 aliphatic rings. The predicted molar refractivity (Wildman–Crippen MR) is 148 cm³/mol. The molecule has 3 heterocycles. The summed E-state index contributed by atoms with van der Waals surface area (Å²) in [6.45, 7) is 3.62. The molecule has 0 unspecified atom stereocenters. The molecular formula is C30H29F2N5O2. The maximum absolute atomic E-state index is 14.4. The first kappa shape index (κ1) is 25.2. The van der Waals surface area contributed by atoms with Crippen LogP contribution >= 0.6 is 0 Å². The number of rotatable bonds is 7. The van der Waals surface area contributed by atoms with E-state index in [0.29, 0.717) is 39.8 Å². The van der Waals surface area contributed by atoms with Gasteiger partial charge in [-0.3, -0.25) is 4.79 Å². The highest BCUT2D eigenvalue weighted by Gasteiger charge is 2.31. The van der Waals surface area contributed by atoms with Gasteiger partial charge in [-0.15, -0.1) is 0 Å². The van der Waals surface area contributed by atoms with Gasteiger partial charge in [-0.1, -0.05) is 12.1 Å². The lowest BCUT2D eigenvalue weighted by Crippen LogP contribution is -2.40. The number of amides is 1. The molecule has 1 amide bonds. The van der Waals surface area contributed by atoms with Crippen LogP contribution in [0.15, 0.2) is 60.7 Å². The van der Waals surface area contributed by atoms with Crippen LogP contribution in [-0.4, -0.2) is 60.2 Å². The molecule has 0 atom stereocenters. The van der Waals surface area contributed by atoms with Gasteiger partial charge < -0.3 is 25.3 Å². The Labute approximate surface area is 224 Å². The van der Waals surface area contributed by atoms with Gasteiger partial charge in [0.15, 0.2) is 0 Å². The summed E-state index contributed by atoms with van der Waals surface area (Å²) in [5, 5.41) is 6.53. The lowest BCUT2D eigenvalue weighted by molar-refractivity contribution is -0.110. The van der Waals surface area contributed by atoms with Crippen LogP contribution in [0.5, 0.6) is 0 Å². The summed E-state index contributed by atoms with van der Waals surface area (Å²) < 4.78 is 34.0. The van der Waals surface area contributed by atoms with E-state index < -0.39 is 11.6 Å². The molecular weight excluding hydrogens is 500 g/mol. The van der Waals surface area contributed by atoms with Gasteiger partial charge in [-0.25, -0.2) is 13.8 Å². The summed E-state index contributed by atoms with van der Waals surface area (Å²) in [5.74, 6) is -1.45. The van der Waals surface area contributed by atoms with Crippen LogP contribution in [0.25, 0.3) is 22.2 Å². The zero-order valence-corrected chi connectivity index (χ0v) is 21.6. The molecule has 6 rings (SSSR count). The molecule has 0 radical (unpaired) electrons. The first-order chi connectivity index (χ1) is 19.0. The minimum Gasteiger partial charge on any atom is -0.383 e. The number of carbonyl (C=O) groups excluding carboxylic acids is 1. The predicted octanol–water partition coefficient (Wildman–Crippen LogP) is 5.28. The molecule has 4 aromatic rings. The van der Waals surface area contributed by atoms with Gasteiger partial charge in [0.2, 0.25) is 0 Å². The van der Waals surface area contributed by atoms with Gasteiger partial charge in [-0.05, 0) is 60.9 Å². The number of aromatic amines is 1. The van der Waals surface area contributed by atoms with Crippen molar-refractivity contribution in [3.05, 3.63) is 89.2 Å². The number of aromatic nitrogens is 2. The highest BCUT2D eigenvalue weighted by atomic mass is 19.1. The Balaban J connectivity index is 1.40. The molecule has 7 nitrogen and oxygen atoms in total. The number of hydrogen-bond donors (Lipinski definition) is 3. The second-order valence-corrected chi connectivity index (χ2v) is 9.98. The number of para-hydroxylation sites is 2. The average molecular weight is 530 g/mol. The van der Waals surface area contributed by atoms with Gasteiger partial charge in [0.1, 0.15) is 17.5 Å². The third-order valence-electron chi connectivity index (χ3n) is 7.36. The van der Waals surface area contributed by atoms with E-state index in [4.69, 9.17) is 4.74 Å². The monoisotopic (exact) mass is 529 g/mol. The third kappa shape index (κ3) is 5.15. The van der Waals surface area contributed by atoms with E-state index in [9.17, 15) is 13.6 Å². The van der Waals surface area contributed by atoms with E-state index in [-0.39, 0.29) is 11.5 Å². The minimum atomic E-state index is -0.731. The zero-order valence-electron chi connectivity index (χ0n) is 21.6. The number of carbonyl (C=O) groups is 1. The molecule has 0 bridgehead atoms. The van der Waals surface area contributed by atoms with Crippen molar-refractivity contribution >= 4 is 39.5 Å². The number of piperidine rings is 1. The Morgan fingerprint density at radius 1 is 1.08 bits per heavy atom. The van der Waals surface area contributed by atoms with Crippen molar-refractivity contribution in [3.8, 4) is 0 Å². The Morgan fingerprint density at radius 2 is 1.85 bits per heavy atom. The van der Waals surface area contributed by atoms with E-state index >= 15 is 0 Å². The molecule has 39 heavy (non-hydrogen) atoms. The number of fused-ring (bicyclic) bond motifs is 2. The highest BCUT2D eigenvalue weighted by molar-refractivity contribution is 6.38. The summed E-state index contributed by atoms with van der Waals surface area (Å²) in [4.78, 5) is 23.7. The topological polar surface area (TPSA) is 82.3 Å². The fraction of sp³-hybridized carbons (Fsp3) is 0.267. The molecule has 3 N–H and O–H groups in total. The number of nitrogens with zero attached hydrogens (tertiary/aromatic N) is 2. The fourth-order valence-corrected chi connectivity index (χ4v) is 5.43. The maximum atomic E-state index is 14.4. The van der Waals surface area contributed by atoms with Crippen LogP contribution in [0, 0.1) is 11.6 Å². The molecule has 3 aromatic carbocycles. The SMILES string of the molecule is COCCN1CCC(Nc2ccc3c(c2)/C(=C(\c2cc(F)cc(F)c2)c2nc4ccccc4[nH]2)C(=O)N3)CC1. The van der Waals surface area contributed by atoms with Crippen molar-refractivity contribution in [3.63, 3.8) is 0 Å². The van der Waals surface area contributed by atoms with Gasteiger partial charge in [-0.2, -0.15) is 0 Å².